The summed E-state index contributed by atoms with van der Waals surface area (Å²) < 4.78 is 0. The third-order valence-electron chi connectivity index (χ3n) is 2.40. The molecule has 88 valence electrons. The van der Waals surface area contributed by atoms with Gasteiger partial charge in [-0.2, -0.15) is 0 Å². The first-order chi connectivity index (χ1) is 7.65. The summed E-state index contributed by atoms with van der Waals surface area (Å²) in [6.07, 6.45) is 2.13. The van der Waals surface area contributed by atoms with Crippen LogP contribution in [0.2, 0.25) is 5.02 Å². The molecule has 0 aliphatic rings. The largest absolute Gasteiger partial charge is 0.360 e. The summed E-state index contributed by atoms with van der Waals surface area (Å²) >= 11 is 11.1. The molecule has 1 aromatic rings. The Hall–Kier alpha value is -0.800. The van der Waals surface area contributed by atoms with Crippen LogP contribution in [0.4, 0.5) is 5.69 Å². The fourth-order valence-corrected chi connectivity index (χ4v) is 1.89. The van der Waals surface area contributed by atoms with E-state index in [1.54, 1.807) is 0 Å². The van der Waals surface area contributed by atoms with Crippen LogP contribution in [0.15, 0.2) is 24.3 Å². The Labute approximate surface area is 107 Å². The maximum absolute atomic E-state index is 5.88. The molecule has 2 N–H and O–H groups in total. The van der Waals surface area contributed by atoms with Crippen LogP contribution in [0.25, 0.3) is 0 Å². The lowest BCUT2D eigenvalue weighted by atomic mass is 10.2. The summed E-state index contributed by atoms with van der Waals surface area (Å²) in [6, 6.07) is 7.95. The molecule has 0 saturated carbocycles. The van der Waals surface area contributed by atoms with Gasteiger partial charge in [0.2, 0.25) is 0 Å². The average molecular weight is 257 g/mol. The van der Waals surface area contributed by atoms with Crippen molar-refractivity contribution in [2.24, 2.45) is 0 Å². The Morgan fingerprint density at radius 2 is 2.06 bits per heavy atom. The molecule has 0 aliphatic heterocycles. The molecule has 1 rings (SSSR count). The van der Waals surface area contributed by atoms with E-state index in [0.717, 1.165) is 18.5 Å². The Morgan fingerprint density at radius 1 is 1.38 bits per heavy atom. The highest BCUT2D eigenvalue weighted by atomic mass is 35.5. The fourth-order valence-electron chi connectivity index (χ4n) is 1.41. The summed E-state index contributed by atoms with van der Waals surface area (Å²) in [4.78, 5) is 0. The normalized spacial score (nSPS) is 10.2. The van der Waals surface area contributed by atoms with Gasteiger partial charge in [0, 0.05) is 16.8 Å². The summed E-state index contributed by atoms with van der Waals surface area (Å²) in [5.41, 5.74) is 0.913. The number of nitrogens with one attached hydrogen (secondary N) is 2. The van der Waals surface area contributed by atoms with Crippen molar-refractivity contribution in [3.63, 3.8) is 0 Å². The molecule has 1 aromatic carbocycles. The van der Waals surface area contributed by atoms with Crippen molar-refractivity contribution < 1.29 is 0 Å². The van der Waals surface area contributed by atoms with E-state index in [4.69, 9.17) is 23.8 Å². The molecular formula is C12H17ClN2S. The zero-order valence-corrected chi connectivity index (χ0v) is 11.2. The van der Waals surface area contributed by atoms with Crippen molar-refractivity contribution in [3.05, 3.63) is 29.3 Å². The number of anilines is 1. The first-order valence-corrected chi connectivity index (χ1v) is 6.27. The van der Waals surface area contributed by atoms with Crippen molar-refractivity contribution in [2.45, 2.75) is 32.7 Å². The van der Waals surface area contributed by atoms with E-state index in [2.05, 4.69) is 24.5 Å². The van der Waals surface area contributed by atoms with Crippen molar-refractivity contribution >= 4 is 34.6 Å². The van der Waals surface area contributed by atoms with Crippen LogP contribution in [0, 0.1) is 0 Å². The molecule has 16 heavy (non-hydrogen) atoms. The predicted octanol–water partition coefficient (Wildman–Crippen LogP) is 3.82. The highest BCUT2D eigenvalue weighted by Crippen LogP contribution is 2.14. The third kappa shape index (κ3) is 4.37. The molecule has 0 atom stereocenters. The minimum Gasteiger partial charge on any atom is -0.360 e. The lowest BCUT2D eigenvalue weighted by Gasteiger charge is -2.17. The van der Waals surface area contributed by atoms with Gasteiger partial charge in [-0.3, -0.25) is 0 Å². The molecule has 0 unspecified atom stereocenters. The van der Waals surface area contributed by atoms with Gasteiger partial charge in [-0.15, -0.1) is 0 Å². The Morgan fingerprint density at radius 3 is 2.62 bits per heavy atom. The summed E-state index contributed by atoms with van der Waals surface area (Å²) in [5, 5.41) is 7.73. The van der Waals surface area contributed by atoms with E-state index >= 15 is 0 Å². The summed E-state index contributed by atoms with van der Waals surface area (Å²) in [7, 11) is 0. The highest BCUT2D eigenvalue weighted by molar-refractivity contribution is 7.80. The van der Waals surface area contributed by atoms with Gasteiger partial charge in [-0.05, 0) is 43.3 Å². The lowest BCUT2D eigenvalue weighted by Crippen LogP contribution is -2.36. The Kier molecular flexibility index (Phi) is 5.56. The second-order valence-electron chi connectivity index (χ2n) is 3.62. The molecule has 0 saturated heterocycles. The molecule has 4 heteroatoms. The van der Waals surface area contributed by atoms with Crippen LogP contribution in [0.5, 0.6) is 0 Å². The van der Waals surface area contributed by atoms with Crippen molar-refractivity contribution in [1.29, 1.82) is 0 Å². The number of rotatable bonds is 4. The Bertz CT molecular complexity index is 351. The molecule has 0 aliphatic carbocycles. The molecule has 0 aromatic heterocycles. The van der Waals surface area contributed by atoms with Crippen LogP contribution < -0.4 is 10.6 Å². The molecule has 0 amide bonds. The van der Waals surface area contributed by atoms with E-state index in [1.807, 2.05) is 24.3 Å². The van der Waals surface area contributed by atoms with E-state index in [9.17, 15) is 0 Å². The molecule has 0 fully saturated rings. The second kappa shape index (κ2) is 6.71. The maximum Gasteiger partial charge on any atom is 0.170 e. The SMILES string of the molecule is CCC(CC)NC(=S)Nc1cccc(Cl)c1. The average Bonchev–Trinajstić information content (AvgIpc) is 2.26. The molecule has 0 radical (unpaired) electrons. The van der Waals surface area contributed by atoms with Gasteiger partial charge in [0.05, 0.1) is 0 Å². The number of halogens is 1. The van der Waals surface area contributed by atoms with Gasteiger partial charge in [-0.1, -0.05) is 31.5 Å². The first kappa shape index (κ1) is 13.3. The standard InChI is InChI=1S/C12H17ClN2S/c1-3-10(4-2)14-12(16)15-11-7-5-6-9(13)8-11/h5-8,10H,3-4H2,1-2H3,(H2,14,15,16). The van der Waals surface area contributed by atoms with Crippen molar-refractivity contribution in [3.8, 4) is 0 Å². The maximum atomic E-state index is 5.88. The van der Waals surface area contributed by atoms with E-state index in [1.165, 1.54) is 0 Å². The number of hydrogen-bond donors (Lipinski definition) is 2. The van der Waals surface area contributed by atoms with E-state index < -0.39 is 0 Å². The van der Waals surface area contributed by atoms with Gasteiger partial charge < -0.3 is 10.6 Å². The third-order valence-corrected chi connectivity index (χ3v) is 2.86. The van der Waals surface area contributed by atoms with Crippen molar-refractivity contribution in [1.82, 2.24) is 5.32 Å². The van der Waals surface area contributed by atoms with Crippen LogP contribution in [-0.4, -0.2) is 11.2 Å². The summed E-state index contributed by atoms with van der Waals surface area (Å²) in [6.45, 7) is 4.28. The topological polar surface area (TPSA) is 24.1 Å². The quantitative estimate of drug-likeness (QED) is 0.801. The second-order valence-corrected chi connectivity index (χ2v) is 4.47. The number of hydrogen-bond acceptors (Lipinski definition) is 1. The smallest absolute Gasteiger partial charge is 0.170 e. The van der Waals surface area contributed by atoms with Crippen LogP contribution >= 0.6 is 23.8 Å². The monoisotopic (exact) mass is 256 g/mol. The van der Waals surface area contributed by atoms with Gasteiger partial charge in [0.15, 0.2) is 5.11 Å². The molecule has 0 heterocycles. The Balaban J connectivity index is 2.51. The number of thiocarbonyl (C=S) groups is 1. The minimum atomic E-state index is 0.430. The van der Waals surface area contributed by atoms with E-state index in [0.29, 0.717) is 16.2 Å². The lowest BCUT2D eigenvalue weighted by molar-refractivity contribution is 0.573. The minimum absolute atomic E-state index is 0.430. The molecule has 0 spiro atoms. The van der Waals surface area contributed by atoms with Gasteiger partial charge in [0.1, 0.15) is 0 Å². The van der Waals surface area contributed by atoms with Crippen molar-refractivity contribution in [2.75, 3.05) is 5.32 Å². The number of benzene rings is 1. The van der Waals surface area contributed by atoms with Gasteiger partial charge in [-0.25, -0.2) is 0 Å². The van der Waals surface area contributed by atoms with Crippen LogP contribution in [0.3, 0.4) is 0 Å². The molecular weight excluding hydrogens is 240 g/mol. The van der Waals surface area contributed by atoms with Gasteiger partial charge >= 0.3 is 0 Å². The van der Waals surface area contributed by atoms with Crippen LogP contribution in [-0.2, 0) is 0 Å². The molecule has 0 bridgehead atoms. The van der Waals surface area contributed by atoms with E-state index in [-0.39, 0.29) is 0 Å². The highest BCUT2D eigenvalue weighted by Gasteiger charge is 2.05. The zero-order chi connectivity index (χ0) is 12.0. The zero-order valence-electron chi connectivity index (χ0n) is 9.59. The fraction of sp³-hybridized carbons (Fsp3) is 0.417. The van der Waals surface area contributed by atoms with Gasteiger partial charge in [0.25, 0.3) is 0 Å². The predicted molar refractivity (Wildman–Crippen MR) is 75.2 cm³/mol. The first-order valence-electron chi connectivity index (χ1n) is 5.48. The van der Waals surface area contributed by atoms with Crippen LogP contribution in [0.1, 0.15) is 26.7 Å². The molecule has 2 nitrogen and oxygen atoms in total. The summed E-state index contributed by atoms with van der Waals surface area (Å²) in [5.74, 6) is 0.